The summed E-state index contributed by atoms with van der Waals surface area (Å²) in [6.45, 7) is 0. The van der Waals surface area contributed by atoms with Gasteiger partial charge in [0.15, 0.2) is 0 Å². The third-order valence-corrected chi connectivity index (χ3v) is 6.36. The van der Waals surface area contributed by atoms with Gasteiger partial charge in [-0.15, -0.1) is 0 Å². The lowest BCUT2D eigenvalue weighted by Gasteiger charge is -2.41. The number of hydrogen-bond acceptors (Lipinski definition) is 3. The molecule has 4 rings (SSSR count). The van der Waals surface area contributed by atoms with Crippen LogP contribution in [0, 0.1) is 5.92 Å². The quantitative estimate of drug-likeness (QED) is 0.897. The molecule has 0 bridgehead atoms. The second-order valence-corrected chi connectivity index (χ2v) is 8.02. The molecule has 3 aliphatic rings. The van der Waals surface area contributed by atoms with Crippen LogP contribution in [-0.2, 0) is 9.53 Å². The first-order valence-electron chi connectivity index (χ1n) is 9.80. The molecule has 1 amide bonds. The van der Waals surface area contributed by atoms with E-state index in [1.807, 2.05) is 12.1 Å². The Hall–Kier alpha value is -1.55. The van der Waals surface area contributed by atoms with Gasteiger partial charge in [0.05, 0.1) is 12.1 Å². The number of benzene rings is 1. The highest BCUT2D eigenvalue weighted by Gasteiger charge is 2.43. The summed E-state index contributed by atoms with van der Waals surface area (Å²) < 4.78 is 11.9. The van der Waals surface area contributed by atoms with Gasteiger partial charge < -0.3 is 14.8 Å². The van der Waals surface area contributed by atoms with Crippen molar-refractivity contribution in [2.75, 3.05) is 7.11 Å². The summed E-state index contributed by atoms with van der Waals surface area (Å²) in [7, 11) is 1.75. The second kappa shape index (κ2) is 6.99. The van der Waals surface area contributed by atoms with Gasteiger partial charge in [0.25, 0.3) is 0 Å². The second-order valence-electron chi connectivity index (χ2n) is 8.02. The summed E-state index contributed by atoms with van der Waals surface area (Å²) in [5, 5.41) is 3.37. The molecule has 1 N–H and O–H groups in total. The molecule has 0 radical (unpaired) electrons. The van der Waals surface area contributed by atoms with E-state index in [1.54, 1.807) is 7.11 Å². The SMILES string of the molecule is COC1CCCC(C(=O)NC2CC3(CCCC3)Oc3ccccc32)C1. The fourth-order valence-corrected chi connectivity index (χ4v) is 4.96. The molecule has 0 aromatic heterocycles. The van der Waals surface area contributed by atoms with Crippen LogP contribution < -0.4 is 10.1 Å². The van der Waals surface area contributed by atoms with E-state index in [1.165, 1.54) is 12.8 Å². The molecule has 2 fully saturated rings. The normalized spacial score (nSPS) is 30.5. The average Bonchev–Trinajstić information content (AvgIpc) is 3.09. The fourth-order valence-electron chi connectivity index (χ4n) is 4.96. The number of carbonyl (C=O) groups excluding carboxylic acids is 1. The van der Waals surface area contributed by atoms with Crippen LogP contribution in [0.5, 0.6) is 5.75 Å². The van der Waals surface area contributed by atoms with Crippen LogP contribution in [0.2, 0.25) is 0 Å². The van der Waals surface area contributed by atoms with Gasteiger partial charge in [0.2, 0.25) is 5.91 Å². The highest BCUT2D eigenvalue weighted by Crippen LogP contribution is 2.47. The van der Waals surface area contributed by atoms with E-state index >= 15 is 0 Å². The van der Waals surface area contributed by atoms with Crippen molar-refractivity contribution in [2.45, 2.75) is 75.5 Å². The molecule has 4 heteroatoms. The van der Waals surface area contributed by atoms with E-state index in [2.05, 4.69) is 17.4 Å². The average molecular weight is 343 g/mol. The summed E-state index contributed by atoms with van der Waals surface area (Å²) in [5.41, 5.74) is 1.06. The lowest BCUT2D eigenvalue weighted by atomic mass is 9.84. The molecule has 3 unspecified atom stereocenters. The zero-order valence-electron chi connectivity index (χ0n) is 15.1. The van der Waals surface area contributed by atoms with Gasteiger partial charge in [-0.2, -0.15) is 0 Å². The maximum Gasteiger partial charge on any atom is 0.223 e. The molecule has 1 aromatic carbocycles. The minimum Gasteiger partial charge on any atom is -0.487 e. The third kappa shape index (κ3) is 3.41. The first kappa shape index (κ1) is 16.9. The Morgan fingerprint density at radius 1 is 1.20 bits per heavy atom. The van der Waals surface area contributed by atoms with Crippen LogP contribution in [-0.4, -0.2) is 24.7 Å². The number of fused-ring (bicyclic) bond motifs is 1. The Morgan fingerprint density at radius 2 is 2.00 bits per heavy atom. The van der Waals surface area contributed by atoms with Crippen molar-refractivity contribution in [3.8, 4) is 5.75 Å². The Morgan fingerprint density at radius 3 is 2.80 bits per heavy atom. The van der Waals surface area contributed by atoms with Crippen LogP contribution in [0.3, 0.4) is 0 Å². The van der Waals surface area contributed by atoms with Gasteiger partial charge in [0.1, 0.15) is 11.4 Å². The van der Waals surface area contributed by atoms with Gasteiger partial charge in [-0.1, -0.05) is 24.6 Å². The van der Waals surface area contributed by atoms with E-state index in [9.17, 15) is 4.79 Å². The minimum atomic E-state index is -0.0755. The Balaban J connectivity index is 1.51. The number of amides is 1. The summed E-state index contributed by atoms with van der Waals surface area (Å²) >= 11 is 0. The van der Waals surface area contributed by atoms with E-state index in [0.29, 0.717) is 0 Å². The predicted molar refractivity (Wildman–Crippen MR) is 96.5 cm³/mol. The van der Waals surface area contributed by atoms with Crippen LogP contribution >= 0.6 is 0 Å². The Kier molecular flexibility index (Phi) is 4.72. The number of ether oxygens (including phenoxy) is 2. The van der Waals surface area contributed by atoms with Crippen molar-refractivity contribution in [3.05, 3.63) is 29.8 Å². The van der Waals surface area contributed by atoms with Crippen molar-refractivity contribution in [1.82, 2.24) is 5.32 Å². The minimum absolute atomic E-state index is 0.0680. The van der Waals surface area contributed by atoms with Crippen molar-refractivity contribution < 1.29 is 14.3 Å². The molecule has 1 heterocycles. The Labute approximate surface area is 150 Å². The molecule has 2 saturated carbocycles. The van der Waals surface area contributed by atoms with E-state index in [4.69, 9.17) is 9.47 Å². The highest BCUT2D eigenvalue weighted by molar-refractivity contribution is 5.79. The fraction of sp³-hybridized carbons (Fsp3) is 0.667. The van der Waals surface area contributed by atoms with E-state index in [-0.39, 0.29) is 29.6 Å². The van der Waals surface area contributed by atoms with Crippen LogP contribution in [0.25, 0.3) is 0 Å². The van der Waals surface area contributed by atoms with Crippen LogP contribution in [0.15, 0.2) is 24.3 Å². The maximum absolute atomic E-state index is 12.9. The molecule has 1 aliphatic heterocycles. The summed E-state index contributed by atoms with van der Waals surface area (Å²) in [6.07, 6.45) is 9.74. The number of hydrogen-bond donors (Lipinski definition) is 1. The van der Waals surface area contributed by atoms with Gasteiger partial charge in [-0.25, -0.2) is 0 Å². The summed E-state index contributed by atoms with van der Waals surface area (Å²) in [5.74, 6) is 1.23. The lowest BCUT2D eigenvalue weighted by molar-refractivity contribution is -0.129. The smallest absolute Gasteiger partial charge is 0.223 e. The van der Waals surface area contributed by atoms with Crippen LogP contribution in [0.1, 0.15) is 69.4 Å². The number of nitrogens with one attached hydrogen (secondary N) is 1. The zero-order chi connectivity index (χ0) is 17.3. The zero-order valence-corrected chi connectivity index (χ0v) is 15.1. The standard InChI is InChI=1S/C21H29NO3/c1-24-16-8-6-7-15(13-16)20(23)22-18-14-21(11-4-5-12-21)25-19-10-3-2-9-17(18)19/h2-3,9-10,15-16,18H,4-8,11-14H2,1H3,(H,22,23). The first-order valence-corrected chi connectivity index (χ1v) is 9.80. The highest BCUT2D eigenvalue weighted by atomic mass is 16.5. The molecule has 1 spiro atoms. The van der Waals surface area contributed by atoms with Gasteiger partial charge in [-0.05, 0) is 51.0 Å². The van der Waals surface area contributed by atoms with Crippen molar-refractivity contribution >= 4 is 5.91 Å². The summed E-state index contributed by atoms with van der Waals surface area (Å²) in [4.78, 5) is 12.9. The molecule has 2 aliphatic carbocycles. The molecular weight excluding hydrogens is 314 g/mol. The number of rotatable bonds is 3. The maximum atomic E-state index is 12.9. The Bertz CT molecular complexity index is 623. The third-order valence-electron chi connectivity index (χ3n) is 6.36. The van der Waals surface area contributed by atoms with Crippen molar-refractivity contribution in [3.63, 3.8) is 0 Å². The topological polar surface area (TPSA) is 47.6 Å². The predicted octanol–water partition coefficient (Wildman–Crippen LogP) is 4.14. The molecule has 4 nitrogen and oxygen atoms in total. The van der Waals surface area contributed by atoms with Crippen molar-refractivity contribution in [1.29, 1.82) is 0 Å². The monoisotopic (exact) mass is 343 g/mol. The number of carbonyl (C=O) groups is 1. The number of para-hydroxylation sites is 1. The van der Waals surface area contributed by atoms with Crippen LogP contribution in [0.4, 0.5) is 0 Å². The number of methoxy groups -OCH3 is 1. The van der Waals surface area contributed by atoms with Gasteiger partial charge in [-0.3, -0.25) is 4.79 Å². The molecule has 0 saturated heterocycles. The van der Waals surface area contributed by atoms with Gasteiger partial charge >= 0.3 is 0 Å². The molecular formula is C21H29NO3. The van der Waals surface area contributed by atoms with Crippen molar-refractivity contribution in [2.24, 2.45) is 5.92 Å². The van der Waals surface area contributed by atoms with E-state index < -0.39 is 0 Å². The molecule has 3 atom stereocenters. The molecule has 1 aromatic rings. The first-order chi connectivity index (χ1) is 12.2. The largest absolute Gasteiger partial charge is 0.487 e. The summed E-state index contributed by atoms with van der Waals surface area (Å²) in [6, 6.07) is 8.28. The van der Waals surface area contributed by atoms with Gasteiger partial charge in [0, 0.05) is 25.0 Å². The molecule has 136 valence electrons. The lowest BCUT2D eigenvalue weighted by Crippen LogP contribution is -2.45. The van der Waals surface area contributed by atoms with E-state index in [0.717, 1.165) is 56.3 Å². The molecule has 25 heavy (non-hydrogen) atoms.